The number of anilines is 1. The number of rotatable bonds is 4. The predicted molar refractivity (Wildman–Crippen MR) is 87.3 cm³/mol. The molecule has 0 spiro atoms. The molecule has 5 nitrogen and oxygen atoms in total. The van der Waals surface area contributed by atoms with Gasteiger partial charge in [-0.1, -0.05) is 0 Å². The third kappa shape index (κ3) is 3.72. The molecule has 22 heavy (non-hydrogen) atoms. The SMILES string of the molecule is COc1[c]cc(N2CCC[C@@H](N)C2)c(CN2CCOCC2)c1. The van der Waals surface area contributed by atoms with Crippen LogP contribution in [0, 0.1) is 6.07 Å². The molecule has 0 aromatic heterocycles. The number of nitrogens with zero attached hydrogens (tertiary/aromatic N) is 2. The molecule has 2 N–H and O–H groups in total. The molecule has 0 aliphatic carbocycles. The highest BCUT2D eigenvalue weighted by Gasteiger charge is 2.21. The Morgan fingerprint density at radius 3 is 2.91 bits per heavy atom. The van der Waals surface area contributed by atoms with Crippen LogP contribution in [-0.4, -0.2) is 57.4 Å². The maximum atomic E-state index is 6.15. The summed E-state index contributed by atoms with van der Waals surface area (Å²) in [6.45, 7) is 6.54. The highest BCUT2D eigenvalue weighted by atomic mass is 16.5. The van der Waals surface area contributed by atoms with Gasteiger partial charge in [0.15, 0.2) is 0 Å². The van der Waals surface area contributed by atoms with E-state index in [-0.39, 0.29) is 6.04 Å². The van der Waals surface area contributed by atoms with Crippen molar-refractivity contribution in [3.63, 3.8) is 0 Å². The fraction of sp³-hybridized carbons (Fsp3) is 0.647. The van der Waals surface area contributed by atoms with Crippen LogP contribution in [0.1, 0.15) is 18.4 Å². The Morgan fingerprint density at radius 1 is 1.36 bits per heavy atom. The molecule has 2 aliphatic heterocycles. The summed E-state index contributed by atoms with van der Waals surface area (Å²) in [7, 11) is 1.70. The van der Waals surface area contributed by atoms with E-state index in [0.29, 0.717) is 0 Å². The molecule has 1 aromatic rings. The first-order valence-electron chi connectivity index (χ1n) is 8.15. The van der Waals surface area contributed by atoms with Crippen molar-refractivity contribution in [1.82, 2.24) is 4.90 Å². The second-order valence-electron chi connectivity index (χ2n) is 6.15. The maximum absolute atomic E-state index is 6.15. The first kappa shape index (κ1) is 15.6. The van der Waals surface area contributed by atoms with Crippen LogP contribution in [0.5, 0.6) is 5.75 Å². The molecule has 5 heteroatoms. The summed E-state index contributed by atoms with van der Waals surface area (Å²) in [5.74, 6) is 0.799. The van der Waals surface area contributed by atoms with Gasteiger partial charge in [0.25, 0.3) is 0 Å². The maximum Gasteiger partial charge on any atom is 0.127 e. The molecular formula is C17H26N3O2. The van der Waals surface area contributed by atoms with Crippen molar-refractivity contribution in [2.24, 2.45) is 5.73 Å². The van der Waals surface area contributed by atoms with Crippen molar-refractivity contribution < 1.29 is 9.47 Å². The second kappa shape index (κ2) is 7.31. The van der Waals surface area contributed by atoms with Gasteiger partial charge in [0.2, 0.25) is 0 Å². The molecular weight excluding hydrogens is 278 g/mol. The van der Waals surface area contributed by atoms with E-state index in [1.54, 1.807) is 7.11 Å². The molecule has 1 radical (unpaired) electrons. The van der Waals surface area contributed by atoms with Crippen molar-refractivity contribution in [3.05, 3.63) is 23.8 Å². The van der Waals surface area contributed by atoms with E-state index in [9.17, 15) is 0 Å². The quantitative estimate of drug-likeness (QED) is 0.907. The number of methoxy groups -OCH3 is 1. The average molecular weight is 304 g/mol. The number of hydrogen-bond acceptors (Lipinski definition) is 5. The Labute approximate surface area is 133 Å². The number of nitrogens with two attached hydrogens (primary N) is 1. The average Bonchev–Trinajstić information content (AvgIpc) is 2.55. The van der Waals surface area contributed by atoms with Crippen LogP contribution in [0.3, 0.4) is 0 Å². The highest BCUT2D eigenvalue weighted by molar-refractivity contribution is 5.56. The number of hydrogen-bond donors (Lipinski definition) is 1. The standard InChI is InChI=1S/C17H26N3O2/c1-21-16-4-5-17(20-6-2-3-15(18)13-20)14(11-16)12-19-7-9-22-10-8-19/h5,11,15H,2-3,6-10,12-13,18H2,1H3/t15-/m1/s1. The minimum atomic E-state index is 0.270. The molecule has 0 unspecified atom stereocenters. The zero-order chi connectivity index (χ0) is 15.4. The van der Waals surface area contributed by atoms with Gasteiger partial charge in [0.05, 0.1) is 20.3 Å². The minimum absolute atomic E-state index is 0.270. The summed E-state index contributed by atoms with van der Waals surface area (Å²) in [5.41, 5.74) is 8.70. The highest BCUT2D eigenvalue weighted by Crippen LogP contribution is 2.28. The van der Waals surface area contributed by atoms with E-state index in [4.69, 9.17) is 15.2 Å². The lowest BCUT2D eigenvalue weighted by atomic mass is 10.0. The molecule has 1 aromatic carbocycles. The lowest BCUT2D eigenvalue weighted by molar-refractivity contribution is 0.0342. The van der Waals surface area contributed by atoms with Crippen LogP contribution >= 0.6 is 0 Å². The topological polar surface area (TPSA) is 51.0 Å². The monoisotopic (exact) mass is 304 g/mol. The number of benzene rings is 1. The minimum Gasteiger partial charge on any atom is -0.496 e. The van der Waals surface area contributed by atoms with E-state index >= 15 is 0 Å². The predicted octanol–water partition coefficient (Wildman–Crippen LogP) is 1.26. The Morgan fingerprint density at radius 2 is 2.18 bits per heavy atom. The number of piperidine rings is 1. The molecule has 1 atom stereocenters. The third-order valence-corrected chi connectivity index (χ3v) is 4.50. The fourth-order valence-corrected chi connectivity index (χ4v) is 3.27. The number of morpholine rings is 1. The van der Waals surface area contributed by atoms with Crippen molar-refractivity contribution >= 4 is 5.69 Å². The second-order valence-corrected chi connectivity index (χ2v) is 6.15. The van der Waals surface area contributed by atoms with E-state index in [2.05, 4.69) is 28.0 Å². The molecule has 2 fully saturated rings. The Balaban J connectivity index is 1.81. The summed E-state index contributed by atoms with van der Waals surface area (Å²) in [5, 5.41) is 0. The summed E-state index contributed by atoms with van der Waals surface area (Å²) in [4.78, 5) is 4.84. The van der Waals surface area contributed by atoms with E-state index in [0.717, 1.165) is 64.5 Å². The first-order chi connectivity index (χ1) is 10.8. The van der Waals surface area contributed by atoms with Crippen LogP contribution < -0.4 is 15.4 Å². The van der Waals surface area contributed by atoms with Crippen LogP contribution in [0.4, 0.5) is 5.69 Å². The smallest absolute Gasteiger partial charge is 0.127 e. The summed E-state index contributed by atoms with van der Waals surface area (Å²) >= 11 is 0. The normalized spacial score (nSPS) is 23.5. The first-order valence-corrected chi connectivity index (χ1v) is 8.15. The van der Waals surface area contributed by atoms with E-state index in [1.807, 2.05) is 0 Å². The zero-order valence-electron chi connectivity index (χ0n) is 13.4. The van der Waals surface area contributed by atoms with Crippen molar-refractivity contribution in [3.8, 4) is 5.75 Å². The van der Waals surface area contributed by atoms with E-state index in [1.165, 1.54) is 11.3 Å². The van der Waals surface area contributed by atoms with Gasteiger partial charge >= 0.3 is 0 Å². The Bertz CT molecular complexity index is 489. The molecule has 2 saturated heterocycles. The number of ether oxygens (including phenoxy) is 2. The van der Waals surface area contributed by atoms with Crippen LogP contribution in [-0.2, 0) is 11.3 Å². The third-order valence-electron chi connectivity index (χ3n) is 4.50. The van der Waals surface area contributed by atoms with Crippen molar-refractivity contribution in [1.29, 1.82) is 0 Å². The molecule has 121 valence electrons. The zero-order valence-corrected chi connectivity index (χ0v) is 13.4. The largest absolute Gasteiger partial charge is 0.496 e. The van der Waals surface area contributed by atoms with Crippen LogP contribution in [0.2, 0.25) is 0 Å². The van der Waals surface area contributed by atoms with Crippen molar-refractivity contribution in [2.45, 2.75) is 25.4 Å². The Kier molecular flexibility index (Phi) is 5.18. The molecule has 0 amide bonds. The molecule has 2 aliphatic rings. The van der Waals surface area contributed by atoms with Crippen LogP contribution in [0.25, 0.3) is 0 Å². The van der Waals surface area contributed by atoms with Gasteiger partial charge in [-0.3, -0.25) is 4.90 Å². The van der Waals surface area contributed by atoms with Gasteiger partial charge in [0, 0.05) is 50.5 Å². The molecule has 0 bridgehead atoms. The Hall–Kier alpha value is -1.30. The van der Waals surface area contributed by atoms with Gasteiger partial charge in [-0.2, -0.15) is 0 Å². The lowest BCUT2D eigenvalue weighted by Crippen LogP contribution is -2.43. The van der Waals surface area contributed by atoms with E-state index < -0.39 is 0 Å². The molecule has 0 saturated carbocycles. The van der Waals surface area contributed by atoms with Gasteiger partial charge in [-0.05, 0) is 30.5 Å². The fourth-order valence-electron chi connectivity index (χ4n) is 3.27. The lowest BCUT2D eigenvalue weighted by Gasteiger charge is -2.35. The molecule has 2 heterocycles. The summed E-state index contributed by atoms with van der Waals surface area (Å²) in [6, 6.07) is 7.68. The summed E-state index contributed by atoms with van der Waals surface area (Å²) in [6.07, 6.45) is 2.28. The summed E-state index contributed by atoms with van der Waals surface area (Å²) < 4.78 is 10.8. The van der Waals surface area contributed by atoms with Crippen LogP contribution in [0.15, 0.2) is 12.1 Å². The van der Waals surface area contributed by atoms with Gasteiger partial charge in [0.1, 0.15) is 5.75 Å². The van der Waals surface area contributed by atoms with Gasteiger partial charge in [-0.25, -0.2) is 0 Å². The van der Waals surface area contributed by atoms with Gasteiger partial charge < -0.3 is 20.1 Å². The van der Waals surface area contributed by atoms with Gasteiger partial charge in [-0.15, -0.1) is 0 Å². The molecule has 3 rings (SSSR count). The van der Waals surface area contributed by atoms with Crippen molar-refractivity contribution in [2.75, 3.05) is 51.4 Å².